The van der Waals surface area contributed by atoms with Gasteiger partial charge >= 0.3 is 0 Å². The fourth-order valence-corrected chi connectivity index (χ4v) is 2.72. The van der Waals surface area contributed by atoms with Crippen LogP contribution >= 0.6 is 15.9 Å². The monoisotopic (exact) mass is 367 g/mol. The molecule has 2 amide bonds. The van der Waals surface area contributed by atoms with Gasteiger partial charge in [-0.2, -0.15) is 0 Å². The largest absolute Gasteiger partial charge is 0.355 e. The molecule has 1 aromatic carbocycles. The molecular formula is C16H22BrN3O2. The smallest absolute Gasteiger partial charge is 0.227 e. The number of rotatable bonds is 5. The lowest BCUT2D eigenvalue weighted by Crippen LogP contribution is -2.36. The van der Waals surface area contributed by atoms with Crippen LogP contribution in [0.25, 0.3) is 0 Å². The zero-order valence-electron chi connectivity index (χ0n) is 13.2. The normalized spacial score (nSPS) is 18.1. The van der Waals surface area contributed by atoms with Crippen molar-refractivity contribution in [1.82, 2.24) is 10.2 Å². The molecule has 1 fully saturated rings. The van der Waals surface area contributed by atoms with Gasteiger partial charge in [-0.25, -0.2) is 0 Å². The first kappa shape index (κ1) is 17.0. The summed E-state index contributed by atoms with van der Waals surface area (Å²) in [5, 5.41) is 2.90. The number of hydrogen-bond acceptors (Lipinski definition) is 3. The molecule has 1 N–H and O–H groups in total. The van der Waals surface area contributed by atoms with E-state index < -0.39 is 0 Å². The van der Waals surface area contributed by atoms with E-state index in [0.717, 1.165) is 22.3 Å². The third-order valence-corrected chi connectivity index (χ3v) is 4.70. The Morgan fingerprint density at radius 1 is 1.45 bits per heavy atom. The molecule has 5 nitrogen and oxygen atoms in total. The number of nitrogens with one attached hydrogen (secondary N) is 1. The van der Waals surface area contributed by atoms with Gasteiger partial charge in [-0.3, -0.25) is 9.59 Å². The molecule has 0 saturated carbocycles. The summed E-state index contributed by atoms with van der Waals surface area (Å²) in [4.78, 5) is 28.1. The van der Waals surface area contributed by atoms with Crippen LogP contribution in [0.4, 0.5) is 5.69 Å². The van der Waals surface area contributed by atoms with Crippen LogP contribution in [0.5, 0.6) is 0 Å². The average Bonchev–Trinajstić information content (AvgIpc) is 2.83. The van der Waals surface area contributed by atoms with Crippen molar-refractivity contribution in [3.8, 4) is 0 Å². The Balaban J connectivity index is 1.98. The molecule has 2 rings (SSSR count). The van der Waals surface area contributed by atoms with Gasteiger partial charge in [0.2, 0.25) is 11.8 Å². The number of aryl methyl sites for hydroxylation is 1. The summed E-state index contributed by atoms with van der Waals surface area (Å²) < 4.78 is 1.01. The molecule has 120 valence electrons. The highest BCUT2D eigenvalue weighted by molar-refractivity contribution is 9.10. The van der Waals surface area contributed by atoms with Gasteiger partial charge in [0.15, 0.2) is 0 Å². The molecule has 6 heteroatoms. The van der Waals surface area contributed by atoms with Gasteiger partial charge in [-0.15, -0.1) is 0 Å². The summed E-state index contributed by atoms with van der Waals surface area (Å²) in [6.07, 6.45) is 0.281. The number of amides is 2. The highest BCUT2D eigenvalue weighted by atomic mass is 79.9. The van der Waals surface area contributed by atoms with Gasteiger partial charge in [-0.1, -0.05) is 15.9 Å². The Hall–Kier alpha value is -1.40. The van der Waals surface area contributed by atoms with Gasteiger partial charge in [0.05, 0.1) is 5.92 Å². The summed E-state index contributed by atoms with van der Waals surface area (Å²) in [6, 6.07) is 5.80. The average molecular weight is 368 g/mol. The minimum atomic E-state index is -0.265. The summed E-state index contributed by atoms with van der Waals surface area (Å²) in [5.74, 6) is -0.292. The van der Waals surface area contributed by atoms with E-state index in [2.05, 4.69) is 21.2 Å². The first-order valence-corrected chi connectivity index (χ1v) is 8.16. The SMILES string of the molecule is Cc1cc(N2CC(C(=O)NCCN(C)C)CC2=O)ccc1Br. The molecule has 0 aliphatic carbocycles. The molecule has 0 spiro atoms. The molecule has 0 radical (unpaired) electrons. The van der Waals surface area contributed by atoms with Gasteiger partial charge in [-0.05, 0) is 44.8 Å². The maximum Gasteiger partial charge on any atom is 0.227 e. The summed E-state index contributed by atoms with van der Waals surface area (Å²) in [5.41, 5.74) is 1.93. The third-order valence-electron chi connectivity index (χ3n) is 3.81. The van der Waals surface area contributed by atoms with Crippen LogP contribution in [0.3, 0.4) is 0 Å². The van der Waals surface area contributed by atoms with Crippen LogP contribution in [-0.4, -0.2) is 50.4 Å². The molecule has 22 heavy (non-hydrogen) atoms. The summed E-state index contributed by atoms with van der Waals surface area (Å²) in [7, 11) is 3.92. The second kappa shape index (κ2) is 7.24. The van der Waals surface area contributed by atoms with Crippen molar-refractivity contribution in [2.45, 2.75) is 13.3 Å². The van der Waals surface area contributed by atoms with Crippen molar-refractivity contribution in [2.75, 3.05) is 38.6 Å². The predicted octanol–water partition coefficient (Wildman–Crippen LogP) is 1.79. The Bertz CT molecular complexity index is 575. The Labute approximate surface area is 139 Å². The van der Waals surface area contributed by atoms with Crippen molar-refractivity contribution in [3.05, 3.63) is 28.2 Å². The minimum absolute atomic E-state index is 0.00878. The van der Waals surface area contributed by atoms with Crippen molar-refractivity contribution in [2.24, 2.45) is 5.92 Å². The van der Waals surface area contributed by atoms with E-state index in [0.29, 0.717) is 13.1 Å². The van der Waals surface area contributed by atoms with E-state index in [1.807, 2.05) is 44.1 Å². The standard InChI is InChI=1S/C16H22BrN3O2/c1-11-8-13(4-5-14(11)17)20-10-12(9-15(20)21)16(22)18-6-7-19(2)3/h4-5,8,12H,6-7,9-10H2,1-3H3,(H,18,22). The Kier molecular flexibility index (Phi) is 5.58. The Morgan fingerprint density at radius 3 is 2.82 bits per heavy atom. The lowest BCUT2D eigenvalue weighted by atomic mass is 10.1. The lowest BCUT2D eigenvalue weighted by Gasteiger charge is -2.18. The van der Waals surface area contributed by atoms with Gasteiger partial charge < -0.3 is 15.1 Å². The quantitative estimate of drug-likeness (QED) is 0.862. The second-order valence-corrected chi connectivity index (χ2v) is 6.79. The minimum Gasteiger partial charge on any atom is -0.355 e. The van der Waals surface area contributed by atoms with Crippen LogP contribution in [0.15, 0.2) is 22.7 Å². The fraction of sp³-hybridized carbons (Fsp3) is 0.500. The second-order valence-electron chi connectivity index (χ2n) is 5.93. The number of nitrogens with zero attached hydrogens (tertiary/aromatic N) is 2. The number of carbonyl (C=O) groups excluding carboxylic acids is 2. The molecule has 1 saturated heterocycles. The highest BCUT2D eigenvalue weighted by Crippen LogP contribution is 2.28. The van der Waals surface area contributed by atoms with E-state index >= 15 is 0 Å². The first-order chi connectivity index (χ1) is 10.4. The summed E-state index contributed by atoms with van der Waals surface area (Å²) in [6.45, 7) is 3.84. The summed E-state index contributed by atoms with van der Waals surface area (Å²) >= 11 is 3.46. The van der Waals surface area contributed by atoms with Crippen molar-refractivity contribution < 1.29 is 9.59 Å². The fourth-order valence-electron chi connectivity index (χ4n) is 2.48. The third kappa shape index (κ3) is 4.08. The molecule has 1 aromatic rings. The van der Waals surface area contributed by atoms with E-state index in [4.69, 9.17) is 0 Å². The highest BCUT2D eigenvalue weighted by Gasteiger charge is 2.35. The van der Waals surface area contributed by atoms with E-state index in [-0.39, 0.29) is 24.2 Å². The number of anilines is 1. The molecular weight excluding hydrogens is 346 g/mol. The number of likely N-dealkylation sites (N-methyl/N-ethyl adjacent to an activating group) is 1. The number of hydrogen-bond donors (Lipinski definition) is 1. The van der Waals surface area contributed by atoms with Crippen molar-refractivity contribution in [3.63, 3.8) is 0 Å². The van der Waals surface area contributed by atoms with Gasteiger partial charge in [0, 0.05) is 36.2 Å². The van der Waals surface area contributed by atoms with Gasteiger partial charge in [0.25, 0.3) is 0 Å². The number of halogens is 1. The van der Waals surface area contributed by atoms with E-state index in [9.17, 15) is 9.59 Å². The first-order valence-electron chi connectivity index (χ1n) is 7.37. The molecule has 1 aliphatic rings. The number of benzene rings is 1. The van der Waals surface area contributed by atoms with Crippen molar-refractivity contribution >= 4 is 33.4 Å². The van der Waals surface area contributed by atoms with Crippen LogP contribution in [0, 0.1) is 12.8 Å². The Morgan fingerprint density at radius 2 is 2.18 bits per heavy atom. The van der Waals surface area contributed by atoms with E-state index in [1.165, 1.54) is 0 Å². The van der Waals surface area contributed by atoms with Crippen molar-refractivity contribution in [1.29, 1.82) is 0 Å². The number of carbonyl (C=O) groups is 2. The van der Waals surface area contributed by atoms with Gasteiger partial charge in [0.1, 0.15) is 0 Å². The van der Waals surface area contributed by atoms with Crippen LogP contribution in [0.2, 0.25) is 0 Å². The zero-order chi connectivity index (χ0) is 16.3. The van der Waals surface area contributed by atoms with Crippen LogP contribution in [-0.2, 0) is 9.59 Å². The maximum atomic E-state index is 12.2. The lowest BCUT2D eigenvalue weighted by molar-refractivity contribution is -0.126. The molecule has 1 atom stereocenters. The topological polar surface area (TPSA) is 52.7 Å². The van der Waals surface area contributed by atoms with Crippen LogP contribution < -0.4 is 10.2 Å². The molecule has 1 unspecified atom stereocenters. The van der Waals surface area contributed by atoms with E-state index in [1.54, 1.807) is 4.90 Å². The molecule has 1 aliphatic heterocycles. The zero-order valence-corrected chi connectivity index (χ0v) is 14.8. The maximum absolute atomic E-state index is 12.2. The molecule has 0 aromatic heterocycles. The predicted molar refractivity (Wildman–Crippen MR) is 90.9 cm³/mol. The van der Waals surface area contributed by atoms with Crippen LogP contribution in [0.1, 0.15) is 12.0 Å². The molecule has 1 heterocycles. The molecule has 0 bridgehead atoms.